The first-order valence-corrected chi connectivity index (χ1v) is 11.9. The fourth-order valence-electron chi connectivity index (χ4n) is 6.52. The van der Waals surface area contributed by atoms with E-state index in [2.05, 4.69) is 51.7 Å². The third-order valence-corrected chi connectivity index (χ3v) is 8.72. The molecule has 3 saturated carbocycles. The topological polar surface area (TPSA) is 60.7 Å². The van der Waals surface area contributed by atoms with Gasteiger partial charge in [-0.3, -0.25) is 0 Å². The molecule has 3 N–H and O–H groups in total. The first-order valence-electron chi connectivity index (χ1n) is 11.9. The van der Waals surface area contributed by atoms with Gasteiger partial charge in [0.2, 0.25) is 0 Å². The van der Waals surface area contributed by atoms with E-state index >= 15 is 0 Å². The lowest BCUT2D eigenvalue weighted by molar-refractivity contribution is 0.0456. The van der Waals surface area contributed by atoms with E-state index in [1.807, 2.05) is 6.92 Å². The highest BCUT2D eigenvalue weighted by molar-refractivity contribution is 5.32. The van der Waals surface area contributed by atoms with Gasteiger partial charge in [0, 0.05) is 0 Å². The molecule has 0 unspecified atom stereocenters. The molecule has 0 spiro atoms. The molecular weight excluding hydrogens is 372 g/mol. The van der Waals surface area contributed by atoms with Crippen molar-refractivity contribution < 1.29 is 15.3 Å². The van der Waals surface area contributed by atoms with Gasteiger partial charge in [-0.2, -0.15) is 0 Å². The van der Waals surface area contributed by atoms with Crippen LogP contribution in [0, 0.1) is 22.7 Å². The zero-order valence-corrected chi connectivity index (χ0v) is 19.4. The van der Waals surface area contributed by atoms with Crippen molar-refractivity contribution in [2.75, 3.05) is 0 Å². The molecule has 0 aromatic rings. The van der Waals surface area contributed by atoms with E-state index in [1.165, 1.54) is 25.7 Å². The number of fused-ring (bicyclic) bond motifs is 1. The second-order valence-corrected chi connectivity index (χ2v) is 10.7. The summed E-state index contributed by atoms with van der Waals surface area (Å²) in [6, 6.07) is 0. The Morgan fingerprint density at radius 1 is 1.10 bits per heavy atom. The Labute approximate surface area is 183 Å². The van der Waals surface area contributed by atoms with Crippen LogP contribution in [0.25, 0.3) is 0 Å². The molecule has 0 radical (unpaired) electrons. The number of aliphatic hydroxyl groups is 3. The smallest absolute Gasteiger partial charge is 0.0809 e. The second kappa shape index (κ2) is 9.14. The molecule has 3 rings (SSSR count). The van der Waals surface area contributed by atoms with Gasteiger partial charge in [-0.25, -0.2) is 0 Å². The Kier molecular flexibility index (Phi) is 7.16. The zero-order chi connectivity index (χ0) is 22.1. The molecule has 30 heavy (non-hydrogen) atoms. The van der Waals surface area contributed by atoms with Crippen LogP contribution in [-0.4, -0.2) is 33.6 Å². The normalized spacial score (nSPS) is 40.6. The van der Waals surface area contributed by atoms with Gasteiger partial charge < -0.3 is 15.3 Å². The van der Waals surface area contributed by atoms with E-state index in [4.69, 9.17) is 0 Å². The number of hydrogen-bond donors (Lipinski definition) is 3. The average Bonchev–Trinajstić information content (AvgIpc) is 2.95. The van der Waals surface area contributed by atoms with E-state index in [-0.39, 0.29) is 16.9 Å². The van der Waals surface area contributed by atoms with Crippen LogP contribution in [0.2, 0.25) is 0 Å². The lowest BCUT2D eigenvalue weighted by Crippen LogP contribution is -2.42. The molecule has 7 atom stereocenters. The van der Waals surface area contributed by atoms with Crippen molar-refractivity contribution in [3.05, 3.63) is 47.6 Å². The summed E-state index contributed by atoms with van der Waals surface area (Å²) in [6.07, 6.45) is 15.5. The van der Waals surface area contributed by atoms with Crippen molar-refractivity contribution >= 4 is 0 Å². The summed E-state index contributed by atoms with van der Waals surface area (Å²) in [5.74, 6) is 1.17. The van der Waals surface area contributed by atoms with Crippen molar-refractivity contribution in [1.29, 1.82) is 0 Å². The first kappa shape index (κ1) is 23.5. The molecule has 3 aliphatic rings. The molecular formula is C27H42O3. The largest absolute Gasteiger partial charge is 0.393 e. The Morgan fingerprint density at radius 3 is 2.40 bits per heavy atom. The van der Waals surface area contributed by atoms with Crippen molar-refractivity contribution in [2.24, 2.45) is 22.7 Å². The molecule has 0 bridgehead atoms. The van der Waals surface area contributed by atoms with Gasteiger partial charge in [0.1, 0.15) is 0 Å². The highest BCUT2D eigenvalue weighted by Crippen LogP contribution is 2.66. The minimum atomic E-state index is -0.629. The molecule has 0 saturated heterocycles. The third-order valence-electron chi connectivity index (χ3n) is 8.72. The minimum Gasteiger partial charge on any atom is -0.393 e. The second-order valence-electron chi connectivity index (χ2n) is 10.7. The maximum Gasteiger partial charge on any atom is 0.0809 e. The van der Waals surface area contributed by atoms with E-state index in [0.717, 1.165) is 18.4 Å². The molecule has 3 nitrogen and oxygen atoms in total. The third kappa shape index (κ3) is 4.40. The molecule has 0 amide bonds. The molecule has 3 fully saturated rings. The van der Waals surface area contributed by atoms with Crippen molar-refractivity contribution in [3.8, 4) is 0 Å². The fourth-order valence-corrected chi connectivity index (χ4v) is 6.52. The summed E-state index contributed by atoms with van der Waals surface area (Å²) in [4.78, 5) is 0. The van der Waals surface area contributed by atoms with Crippen LogP contribution >= 0.6 is 0 Å². The number of hydrogen-bond acceptors (Lipinski definition) is 3. The summed E-state index contributed by atoms with van der Waals surface area (Å²) in [5, 5.41) is 29.9. The summed E-state index contributed by atoms with van der Waals surface area (Å²) < 4.78 is 0. The Morgan fingerprint density at radius 2 is 1.77 bits per heavy atom. The quantitative estimate of drug-likeness (QED) is 0.522. The Hall–Kier alpha value is -1.16. The van der Waals surface area contributed by atoms with Crippen LogP contribution in [0.5, 0.6) is 0 Å². The number of allylic oxidation sites excluding steroid dienone is 4. The molecule has 0 aromatic heterocycles. The van der Waals surface area contributed by atoms with Crippen LogP contribution in [0.3, 0.4) is 0 Å². The summed E-state index contributed by atoms with van der Waals surface area (Å²) in [5.41, 5.74) is 3.70. The predicted molar refractivity (Wildman–Crippen MR) is 124 cm³/mol. The van der Waals surface area contributed by atoms with Crippen LogP contribution < -0.4 is 0 Å². The summed E-state index contributed by atoms with van der Waals surface area (Å²) in [7, 11) is 0. The van der Waals surface area contributed by atoms with Gasteiger partial charge in [-0.1, -0.05) is 62.8 Å². The predicted octanol–water partition coefficient (Wildman–Crippen LogP) is 5.48. The van der Waals surface area contributed by atoms with Gasteiger partial charge in [-0.05, 0) is 86.5 Å². The van der Waals surface area contributed by atoms with E-state index in [1.54, 1.807) is 5.57 Å². The van der Waals surface area contributed by atoms with Crippen LogP contribution in [-0.2, 0) is 0 Å². The minimum absolute atomic E-state index is 0.203. The van der Waals surface area contributed by atoms with Crippen LogP contribution in [0.1, 0.15) is 79.1 Å². The SMILES string of the molecule is C=C1[C@H](O)CC(=C/C=C2\CCC[C@]3(C)[C@@H]([C@H](C)/C=C/C[C@@H](C)O)CC[C@@]23C)C[C@H]1O. The first-order chi connectivity index (χ1) is 14.1. The van der Waals surface area contributed by atoms with Gasteiger partial charge in [0.05, 0.1) is 18.3 Å². The lowest BCUT2D eigenvalue weighted by Gasteiger charge is -2.51. The van der Waals surface area contributed by atoms with E-state index in [0.29, 0.717) is 30.3 Å². The molecule has 0 aromatic carbocycles. The fraction of sp³-hybridized carbons (Fsp3) is 0.704. The average molecular weight is 415 g/mol. The van der Waals surface area contributed by atoms with E-state index in [9.17, 15) is 15.3 Å². The van der Waals surface area contributed by atoms with Gasteiger partial charge in [0.25, 0.3) is 0 Å². The summed E-state index contributed by atoms with van der Waals surface area (Å²) >= 11 is 0. The highest BCUT2D eigenvalue weighted by atomic mass is 16.3. The standard InChI is InChI=1S/C27H42O3/c1-18(8-6-9-19(2)28)23-13-15-26(4)22(10-7-14-27(23,26)5)12-11-21-16-24(29)20(3)25(30)17-21/h6,8,11-12,18-19,23-25,28-30H,3,7,9-10,13-17H2,1-2,4-5H3/b8-6+,22-12+/t18-,19-,23-,24-,25-,26+,27-/m1/s1. The highest BCUT2D eigenvalue weighted by Gasteiger charge is 2.57. The monoisotopic (exact) mass is 414 g/mol. The molecule has 3 heteroatoms. The van der Waals surface area contributed by atoms with Crippen molar-refractivity contribution in [3.63, 3.8) is 0 Å². The molecule has 168 valence electrons. The Balaban J connectivity index is 1.80. The van der Waals surface area contributed by atoms with Gasteiger partial charge in [0.15, 0.2) is 0 Å². The van der Waals surface area contributed by atoms with Crippen molar-refractivity contribution in [2.45, 2.75) is 97.4 Å². The van der Waals surface area contributed by atoms with Gasteiger partial charge in [-0.15, -0.1) is 0 Å². The van der Waals surface area contributed by atoms with Crippen LogP contribution in [0.15, 0.2) is 47.6 Å². The number of rotatable bonds is 5. The number of aliphatic hydroxyl groups excluding tert-OH is 3. The van der Waals surface area contributed by atoms with Crippen LogP contribution in [0.4, 0.5) is 0 Å². The van der Waals surface area contributed by atoms with E-state index < -0.39 is 12.2 Å². The molecule has 0 heterocycles. The maximum atomic E-state index is 10.2. The van der Waals surface area contributed by atoms with Crippen molar-refractivity contribution in [1.82, 2.24) is 0 Å². The summed E-state index contributed by atoms with van der Waals surface area (Å²) in [6.45, 7) is 13.0. The Bertz CT molecular complexity index is 714. The molecule has 3 aliphatic carbocycles. The molecule has 0 aliphatic heterocycles. The zero-order valence-electron chi connectivity index (χ0n) is 19.4. The lowest BCUT2D eigenvalue weighted by atomic mass is 9.53. The maximum absolute atomic E-state index is 10.2. The van der Waals surface area contributed by atoms with Gasteiger partial charge >= 0.3 is 0 Å².